The Balaban J connectivity index is 1.35. The molecule has 0 aromatic heterocycles. The minimum absolute atomic E-state index is 0.0143. The van der Waals surface area contributed by atoms with Crippen LogP contribution in [-0.2, 0) is 9.59 Å². The average Bonchev–Trinajstić information content (AvgIpc) is 3.23. The summed E-state index contributed by atoms with van der Waals surface area (Å²) >= 11 is 6.45. The highest BCUT2D eigenvalue weighted by Gasteiger charge is 2.25. The van der Waals surface area contributed by atoms with E-state index in [0.717, 1.165) is 0 Å². The van der Waals surface area contributed by atoms with Crippen molar-refractivity contribution in [3.63, 3.8) is 0 Å². The van der Waals surface area contributed by atoms with Crippen LogP contribution in [0.15, 0.2) is 18.2 Å². The summed E-state index contributed by atoms with van der Waals surface area (Å²) in [7, 11) is 0. The molecule has 0 atom stereocenters. The molecule has 2 heterocycles. The number of carbonyl (C=O) groups is 3. The molecule has 1 aromatic carbocycles. The zero-order valence-electron chi connectivity index (χ0n) is 13.8. The first kappa shape index (κ1) is 18.5. The highest BCUT2D eigenvalue weighted by molar-refractivity contribution is 8.23. The van der Waals surface area contributed by atoms with E-state index in [-0.39, 0.29) is 25.0 Å². The Bertz CT molecular complexity index is 739. The first-order valence-corrected chi connectivity index (χ1v) is 9.40. The van der Waals surface area contributed by atoms with Crippen molar-refractivity contribution in [3.8, 4) is 11.5 Å². The lowest BCUT2D eigenvalue weighted by atomic mass is 10.2. The van der Waals surface area contributed by atoms with Crippen molar-refractivity contribution in [2.45, 2.75) is 19.3 Å². The number of thiocarbonyl (C=S) groups is 1. The topological polar surface area (TPSA) is 97.0 Å². The lowest BCUT2D eigenvalue weighted by molar-refractivity contribution is -0.124. The van der Waals surface area contributed by atoms with Gasteiger partial charge in [0, 0.05) is 18.5 Å². The van der Waals surface area contributed by atoms with Gasteiger partial charge in [-0.25, -0.2) is 0 Å². The van der Waals surface area contributed by atoms with Gasteiger partial charge in [0.25, 0.3) is 5.91 Å². The maximum Gasteiger partial charge on any atom is 0.269 e. The number of benzene rings is 1. The largest absolute Gasteiger partial charge is 0.454 e. The van der Waals surface area contributed by atoms with Crippen LogP contribution in [0.5, 0.6) is 11.5 Å². The highest BCUT2D eigenvalue weighted by Crippen LogP contribution is 2.32. The number of rotatable bonds is 6. The minimum Gasteiger partial charge on any atom is -0.454 e. The van der Waals surface area contributed by atoms with E-state index in [0.29, 0.717) is 46.5 Å². The Hall–Kier alpha value is -2.33. The fourth-order valence-corrected chi connectivity index (χ4v) is 3.57. The molecule has 0 bridgehead atoms. The van der Waals surface area contributed by atoms with Gasteiger partial charge in [-0.2, -0.15) is 0 Å². The molecule has 1 fully saturated rings. The first-order chi connectivity index (χ1) is 12.5. The van der Waals surface area contributed by atoms with Gasteiger partial charge in [-0.1, -0.05) is 24.0 Å². The summed E-state index contributed by atoms with van der Waals surface area (Å²) in [6.45, 7) is 0.644. The van der Waals surface area contributed by atoms with Crippen LogP contribution in [0.2, 0.25) is 0 Å². The summed E-state index contributed by atoms with van der Waals surface area (Å²) in [5.41, 5.74) is 5.09. The number of amides is 3. The number of hydrazine groups is 1. The molecule has 0 radical (unpaired) electrons. The summed E-state index contributed by atoms with van der Waals surface area (Å²) in [6.07, 6.45) is 1.49. The summed E-state index contributed by atoms with van der Waals surface area (Å²) in [5, 5.41) is 0. The van der Waals surface area contributed by atoms with Crippen molar-refractivity contribution in [2.75, 3.05) is 19.1 Å². The zero-order chi connectivity index (χ0) is 18.5. The summed E-state index contributed by atoms with van der Waals surface area (Å²) in [5.74, 6) is 0.743. The number of nitrogens with one attached hydrogen (secondary N) is 2. The van der Waals surface area contributed by atoms with Gasteiger partial charge in [-0.05, 0) is 31.0 Å². The smallest absolute Gasteiger partial charge is 0.269 e. The number of unbranched alkanes of at least 4 members (excludes halogenated alkanes) is 1. The Morgan fingerprint density at radius 2 is 2.00 bits per heavy atom. The van der Waals surface area contributed by atoms with Crippen LogP contribution in [0.4, 0.5) is 0 Å². The highest BCUT2D eigenvalue weighted by atomic mass is 32.2. The molecule has 10 heteroatoms. The van der Waals surface area contributed by atoms with Crippen LogP contribution in [0.1, 0.15) is 29.6 Å². The van der Waals surface area contributed by atoms with Gasteiger partial charge in [0.1, 0.15) is 4.32 Å². The maximum absolute atomic E-state index is 12.0. The molecule has 0 unspecified atom stereocenters. The second-order valence-corrected chi connectivity index (χ2v) is 7.24. The van der Waals surface area contributed by atoms with Gasteiger partial charge in [-0.3, -0.25) is 30.1 Å². The molecule has 3 rings (SSSR count). The zero-order valence-corrected chi connectivity index (χ0v) is 15.4. The fourth-order valence-electron chi connectivity index (χ4n) is 2.45. The Morgan fingerprint density at radius 3 is 2.77 bits per heavy atom. The molecule has 1 aromatic rings. The predicted molar refractivity (Wildman–Crippen MR) is 98.8 cm³/mol. The Labute approximate surface area is 159 Å². The minimum atomic E-state index is -0.443. The Morgan fingerprint density at radius 1 is 1.19 bits per heavy atom. The van der Waals surface area contributed by atoms with Crippen LogP contribution >= 0.6 is 24.0 Å². The van der Waals surface area contributed by atoms with E-state index in [1.807, 2.05) is 0 Å². The molecule has 26 heavy (non-hydrogen) atoms. The van der Waals surface area contributed by atoms with Crippen molar-refractivity contribution in [3.05, 3.63) is 23.8 Å². The molecule has 3 amide bonds. The van der Waals surface area contributed by atoms with Crippen molar-refractivity contribution in [1.29, 1.82) is 0 Å². The van der Waals surface area contributed by atoms with Crippen molar-refractivity contribution in [1.82, 2.24) is 15.8 Å². The van der Waals surface area contributed by atoms with Crippen molar-refractivity contribution < 1.29 is 23.9 Å². The molecule has 138 valence electrons. The quantitative estimate of drug-likeness (QED) is 0.424. The molecule has 2 aliphatic rings. The summed E-state index contributed by atoms with van der Waals surface area (Å²) in [6, 6.07) is 4.78. The average molecular weight is 395 g/mol. The second kappa shape index (κ2) is 8.37. The molecule has 8 nitrogen and oxygen atoms in total. The van der Waals surface area contributed by atoms with Gasteiger partial charge in [0.15, 0.2) is 11.5 Å². The van der Waals surface area contributed by atoms with Crippen LogP contribution in [0.25, 0.3) is 0 Å². The molecule has 0 aliphatic carbocycles. The number of carbonyl (C=O) groups excluding carboxylic acids is 3. The lowest BCUT2D eigenvalue weighted by Crippen LogP contribution is -2.41. The number of hydrogen-bond donors (Lipinski definition) is 2. The number of fused-ring (bicyclic) bond motifs is 1. The van der Waals surface area contributed by atoms with Crippen LogP contribution in [-0.4, -0.2) is 46.0 Å². The van der Waals surface area contributed by atoms with Crippen LogP contribution < -0.4 is 20.3 Å². The molecule has 2 aliphatic heterocycles. The predicted octanol–water partition coefficient (Wildman–Crippen LogP) is 1.21. The third-order valence-electron chi connectivity index (χ3n) is 3.83. The van der Waals surface area contributed by atoms with E-state index in [2.05, 4.69) is 10.9 Å². The van der Waals surface area contributed by atoms with E-state index in [4.69, 9.17) is 21.7 Å². The maximum atomic E-state index is 12.0. The van der Waals surface area contributed by atoms with E-state index in [1.165, 1.54) is 11.8 Å². The molecular weight excluding hydrogens is 378 g/mol. The molecule has 0 spiro atoms. The monoisotopic (exact) mass is 395 g/mol. The van der Waals surface area contributed by atoms with Gasteiger partial charge in [0.2, 0.25) is 18.6 Å². The standard InChI is InChI=1S/C16H17N3O5S2/c20-13(3-1-2-6-19-14(21)8-26-16(19)25)17-18-15(22)10-4-5-11-12(7-10)24-9-23-11/h4-5,7H,1-3,6,8-9H2,(H,17,20)(H,18,22). The molecule has 0 saturated carbocycles. The van der Waals surface area contributed by atoms with Crippen molar-refractivity contribution >= 4 is 46.0 Å². The molecule has 1 saturated heterocycles. The lowest BCUT2D eigenvalue weighted by Gasteiger charge is -2.14. The normalized spacial score (nSPS) is 15.3. The second-order valence-electron chi connectivity index (χ2n) is 5.63. The van der Waals surface area contributed by atoms with E-state index in [9.17, 15) is 14.4 Å². The van der Waals surface area contributed by atoms with Crippen LogP contribution in [0.3, 0.4) is 0 Å². The van der Waals surface area contributed by atoms with Gasteiger partial charge in [0.05, 0.1) is 5.75 Å². The molecule has 2 N–H and O–H groups in total. The summed E-state index contributed by atoms with van der Waals surface area (Å²) in [4.78, 5) is 37.0. The third-order valence-corrected chi connectivity index (χ3v) is 5.26. The van der Waals surface area contributed by atoms with Crippen LogP contribution in [0, 0.1) is 0 Å². The molecular formula is C16H17N3O5S2. The van der Waals surface area contributed by atoms with Gasteiger partial charge >= 0.3 is 0 Å². The van der Waals surface area contributed by atoms with Gasteiger partial charge < -0.3 is 9.47 Å². The van der Waals surface area contributed by atoms with E-state index in [1.54, 1.807) is 23.1 Å². The first-order valence-electron chi connectivity index (χ1n) is 8.00. The van der Waals surface area contributed by atoms with E-state index < -0.39 is 5.91 Å². The fraction of sp³-hybridized carbons (Fsp3) is 0.375. The number of nitrogens with zero attached hydrogens (tertiary/aromatic N) is 1. The van der Waals surface area contributed by atoms with Gasteiger partial charge in [-0.15, -0.1) is 0 Å². The number of thioether (sulfide) groups is 1. The number of hydrogen-bond acceptors (Lipinski definition) is 7. The summed E-state index contributed by atoms with van der Waals surface area (Å²) < 4.78 is 11.0. The Kier molecular flexibility index (Phi) is 5.94. The van der Waals surface area contributed by atoms with Crippen molar-refractivity contribution in [2.24, 2.45) is 0 Å². The third kappa shape index (κ3) is 4.44. The number of ether oxygens (including phenoxy) is 2. The van der Waals surface area contributed by atoms with E-state index >= 15 is 0 Å². The SMILES string of the molecule is O=C(CCCCN1C(=O)CSC1=S)NNC(=O)c1ccc2c(c1)OCO2.